The van der Waals surface area contributed by atoms with E-state index in [2.05, 4.69) is 24.0 Å². The van der Waals surface area contributed by atoms with Crippen LogP contribution < -0.4 is 20.1 Å². The molecule has 4 nitrogen and oxygen atoms in total. The van der Waals surface area contributed by atoms with E-state index >= 15 is 0 Å². The topological polar surface area (TPSA) is 47.7 Å². The van der Waals surface area contributed by atoms with Crippen LogP contribution in [0.15, 0.2) is 18.2 Å². The first-order chi connectivity index (χ1) is 10.2. The van der Waals surface area contributed by atoms with Crippen LogP contribution in [0.2, 0.25) is 0 Å². The molecular weight excluding hydrogens is 264 g/mol. The van der Waals surface area contributed by atoms with Crippen molar-refractivity contribution in [1.82, 2.24) is 0 Å². The fraction of sp³-hybridized carbons (Fsp3) is 0.647. The van der Waals surface area contributed by atoms with Gasteiger partial charge in [-0.1, -0.05) is 19.8 Å². The molecule has 1 fully saturated rings. The number of nitrogens with zero attached hydrogens (tertiary/aromatic N) is 1. The number of unbranched alkanes of at least 4 members (excludes halogenated alkanes) is 1. The maximum atomic E-state index is 6.29. The summed E-state index contributed by atoms with van der Waals surface area (Å²) in [4.78, 5) is 2.42. The van der Waals surface area contributed by atoms with Gasteiger partial charge in [-0.05, 0) is 30.9 Å². The van der Waals surface area contributed by atoms with Crippen molar-refractivity contribution in [2.75, 3.05) is 32.2 Å². The summed E-state index contributed by atoms with van der Waals surface area (Å²) < 4.78 is 10.7. The average Bonchev–Trinajstić information content (AvgIpc) is 2.53. The first kappa shape index (κ1) is 16.0. The van der Waals surface area contributed by atoms with Gasteiger partial charge in [-0.15, -0.1) is 0 Å². The summed E-state index contributed by atoms with van der Waals surface area (Å²) in [5.74, 6) is 2.15. The van der Waals surface area contributed by atoms with Gasteiger partial charge in [0.15, 0.2) is 11.5 Å². The van der Waals surface area contributed by atoms with Gasteiger partial charge in [0, 0.05) is 30.9 Å². The van der Waals surface area contributed by atoms with E-state index in [1.807, 2.05) is 6.07 Å². The third-order valence-corrected chi connectivity index (χ3v) is 4.45. The predicted octanol–water partition coefficient (Wildman–Crippen LogP) is 3.05. The van der Waals surface area contributed by atoms with Crippen molar-refractivity contribution in [2.24, 2.45) is 11.7 Å². The zero-order valence-electron chi connectivity index (χ0n) is 13.5. The maximum absolute atomic E-state index is 6.29. The molecule has 0 radical (unpaired) electrons. The molecular formula is C17H28N2O2. The summed E-state index contributed by atoms with van der Waals surface area (Å²) in [6.07, 6.45) is 4.78. The van der Waals surface area contributed by atoms with E-state index in [1.165, 1.54) is 24.9 Å². The monoisotopic (exact) mass is 292 g/mol. The molecule has 0 spiro atoms. The zero-order valence-corrected chi connectivity index (χ0v) is 13.5. The Bertz CT molecular complexity index is 450. The summed E-state index contributed by atoms with van der Waals surface area (Å²) in [5, 5.41) is 0. The van der Waals surface area contributed by atoms with Gasteiger partial charge in [0.1, 0.15) is 0 Å². The Morgan fingerprint density at radius 2 is 2.00 bits per heavy atom. The molecule has 0 saturated carbocycles. The van der Waals surface area contributed by atoms with Gasteiger partial charge in [0.2, 0.25) is 0 Å². The highest BCUT2D eigenvalue weighted by molar-refractivity contribution is 5.56. The van der Waals surface area contributed by atoms with E-state index in [0.717, 1.165) is 31.0 Å². The Balaban J connectivity index is 2.10. The van der Waals surface area contributed by atoms with Gasteiger partial charge in [0.25, 0.3) is 0 Å². The van der Waals surface area contributed by atoms with Gasteiger partial charge in [-0.25, -0.2) is 0 Å². The molecule has 0 aliphatic carbocycles. The second-order valence-corrected chi connectivity index (χ2v) is 5.84. The lowest BCUT2D eigenvalue weighted by molar-refractivity contribution is 0.329. The normalized spacial score (nSPS) is 22.2. The van der Waals surface area contributed by atoms with Crippen LogP contribution >= 0.6 is 0 Å². The van der Waals surface area contributed by atoms with E-state index in [1.54, 1.807) is 14.2 Å². The van der Waals surface area contributed by atoms with Gasteiger partial charge in [-0.2, -0.15) is 0 Å². The van der Waals surface area contributed by atoms with Crippen molar-refractivity contribution in [3.8, 4) is 11.5 Å². The van der Waals surface area contributed by atoms with Gasteiger partial charge in [-0.3, -0.25) is 0 Å². The van der Waals surface area contributed by atoms with Crippen molar-refractivity contribution in [3.63, 3.8) is 0 Å². The SMILES string of the molecule is CCCC[C@H]1CN(c2ccc(OC)c(OC)c2)CC[C@H]1N. The Morgan fingerprint density at radius 3 is 2.67 bits per heavy atom. The molecule has 1 aromatic rings. The predicted molar refractivity (Wildman–Crippen MR) is 87.4 cm³/mol. The minimum atomic E-state index is 0.341. The van der Waals surface area contributed by atoms with Gasteiger partial charge in [0.05, 0.1) is 14.2 Å². The number of benzene rings is 1. The van der Waals surface area contributed by atoms with Crippen molar-refractivity contribution in [3.05, 3.63) is 18.2 Å². The number of anilines is 1. The average molecular weight is 292 g/mol. The summed E-state index contributed by atoms with van der Waals surface area (Å²) in [5.41, 5.74) is 7.49. The number of hydrogen-bond acceptors (Lipinski definition) is 4. The Morgan fingerprint density at radius 1 is 1.24 bits per heavy atom. The molecule has 2 rings (SSSR count). The molecule has 1 aliphatic rings. The third kappa shape index (κ3) is 3.82. The fourth-order valence-corrected chi connectivity index (χ4v) is 3.08. The number of ether oxygens (including phenoxy) is 2. The van der Waals surface area contributed by atoms with Crippen molar-refractivity contribution in [2.45, 2.75) is 38.6 Å². The van der Waals surface area contributed by atoms with E-state index in [-0.39, 0.29) is 0 Å². The first-order valence-electron chi connectivity index (χ1n) is 7.92. The van der Waals surface area contributed by atoms with Gasteiger partial charge < -0.3 is 20.1 Å². The molecule has 2 atom stereocenters. The number of hydrogen-bond donors (Lipinski definition) is 1. The quantitative estimate of drug-likeness (QED) is 0.875. The molecule has 1 aliphatic heterocycles. The molecule has 2 N–H and O–H groups in total. The molecule has 0 aromatic heterocycles. The second-order valence-electron chi connectivity index (χ2n) is 5.84. The minimum Gasteiger partial charge on any atom is -0.493 e. The molecule has 118 valence electrons. The first-order valence-corrected chi connectivity index (χ1v) is 7.92. The summed E-state index contributed by atoms with van der Waals surface area (Å²) in [6.45, 7) is 4.29. The Kier molecular flexibility index (Phi) is 5.74. The van der Waals surface area contributed by atoms with Crippen LogP contribution in [0, 0.1) is 5.92 Å². The number of rotatable bonds is 6. The Hall–Kier alpha value is -1.42. The van der Waals surface area contributed by atoms with Crippen LogP contribution in [0.5, 0.6) is 11.5 Å². The van der Waals surface area contributed by atoms with Crippen LogP contribution in [0.25, 0.3) is 0 Å². The van der Waals surface area contributed by atoms with Crippen LogP contribution in [-0.4, -0.2) is 33.4 Å². The molecule has 1 heterocycles. The molecule has 1 aromatic carbocycles. The van der Waals surface area contributed by atoms with E-state index in [9.17, 15) is 0 Å². The van der Waals surface area contributed by atoms with E-state index < -0.39 is 0 Å². The van der Waals surface area contributed by atoms with Crippen LogP contribution in [0.4, 0.5) is 5.69 Å². The molecule has 0 unspecified atom stereocenters. The highest BCUT2D eigenvalue weighted by Gasteiger charge is 2.26. The summed E-state index contributed by atoms with van der Waals surface area (Å²) in [6, 6.07) is 6.48. The molecule has 1 saturated heterocycles. The lowest BCUT2D eigenvalue weighted by Crippen LogP contribution is -2.47. The van der Waals surface area contributed by atoms with Crippen LogP contribution in [0.3, 0.4) is 0 Å². The fourth-order valence-electron chi connectivity index (χ4n) is 3.08. The highest BCUT2D eigenvalue weighted by Crippen LogP contribution is 2.33. The molecule has 0 bridgehead atoms. The molecule has 4 heteroatoms. The lowest BCUT2D eigenvalue weighted by atomic mass is 9.88. The van der Waals surface area contributed by atoms with E-state index in [0.29, 0.717) is 12.0 Å². The summed E-state index contributed by atoms with van der Waals surface area (Å²) >= 11 is 0. The Labute approximate surface area is 128 Å². The smallest absolute Gasteiger partial charge is 0.162 e. The van der Waals surface area contributed by atoms with Gasteiger partial charge >= 0.3 is 0 Å². The van der Waals surface area contributed by atoms with Crippen molar-refractivity contribution < 1.29 is 9.47 Å². The van der Waals surface area contributed by atoms with Crippen molar-refractivity contribution >= 4 is 5.69 Å². The number of piperidine rings is 1. The van der Waals surface area contributed by atoms with Crippen LogP contribution in [0.1, 0.15) is 32.6 Å². The lowest BCUT2D eigenvalue weighted by Gasteiger charge is -2.38. The number of methoxy groups -OCH3 is 2. The van der Waals surface area contributed by atoms with E-state index in [4.69, 9.17) is 15.2 Å². The third-order valence-electron chi connectivity index (χ3n) is 4.45. The summed E-state index contributed by atoms with van der Waals surface area (Å²) in [7, 11) is 3.34. The largest absolute Gasteiger partial charge is 0.493 e. The second kappa shape index (κ2) is 7.55. The number of nitrogens with two attached hydrogens (primary N) is 1. The van der Waals surface area contributed by atoms with Crippen LogP contribution in [-0.2, 0) is 0 Å². The molecule has 0 amide bonds. The maximum Gasteiger partial charge on any atom is 0.162 e. The molecule has 21 heavy (non-hydrogen) atoms. The minimum absolute atomic E-state index is 0.341. The highest BCUT2D eigenvalue weighted by atomic mass is 16.5. The zero-order chi connectivity index (χ0) is 15.2. The van der Waals surface area contributed by atoms with Crippen molar-refractivity contribution in [1.29, 1.82) is 0 Å². The standard InChI is InChI=1S/C17H28N2O2/c1-4-5-6-13-12-19(10-9-15(13)18)14-7-8-16(20-2)17(11-14)21-3/h7-8,11,13,15H,4-6,9-10,12,18H2,1-3H3/t13-,15+/m0/s1.